The summed E-state index contributed by atoms with van der Waals surface area (Å²) in [4.78, 5) is 6.07. The van der Waals surface area contributed by atoms with E-state index in [1.54, 1.807) is 6.20 Å². The maximum Gasteiger partial charge on any atom is 0.172 e. The molecule has 0 bridgehead atoms. The van der Waals surface area contributed by atoms with E-state index in [1.807, 2.05) is 28.8 Å². The smallest absolute Gasteiger partial charge is 0.172 e. The van der Waals surface area contributed by atoms with Gasteiger partial charge in [0.25, 0.3) is 0 Å². The predicted octanol–water partition coefficient (Wildman–Crippen LogP) is 5.83. The zero-order valence-electron chi connectivity index (χ0n) is 16.5. The van der Waals surface area contributed by atoms with E-state index in [4.69, 9.17) is 4.98 Å². The van der Waals surface area contributed by atoms with E-state index >= 15 is 0 Å². The largest absolute Gasteiger partial charge is 0.340 e. The van der Waals surface area contributed by atoms with Gasteiger partial charge >= 0.3 is 0 Å². The first-order chi connectivity index (χ1) is 14.1. The molecule has 4 aromatic rings. The van der Waals surface area contributed by atoms with E-state index in [1.165, 1.54) is 4.90 Å². The molecule has 0 aliphatic heterocycles. The van der Waals surface area contributed by atoms with Crippen molar-refractivity contribution in [2.75, 3.05) is 19.4 Å². The highest BCUT2D eigenvalue weighted by atomic mass is 79.9. The molecule has 5 nitrogen and oxygen atoms in total. The summed E-state index contributed by atoms with van der Waals surface area (Å²) in [6.07, 6.45) is 1.77. The van der Waals surface area contributed by atoms with Crippen LogP contribution in [0.3, 0.4) is 0 Å². The first-order valence-electron chi connectivity index (χ1n) is 9.23. The summed E-state index contributed by atoms with van der Waals surface area (Å²) >= 11 is 3.56. The number of hydrogen-bond acceptors (Lipinski definition) is 4. The van der Waals surface area contributed by atoms with Gasteiger partial charge < -0.3 is 5.32 Å². The van der Waals surface area contributed by atoms with Crippen molar-refractivity contribution in [2.45, 2.75) is 11.8 Å². The van der Waals surface area contributed by atoms with Gasteiger partial charge in [-0.1, -0.05) is 41.0 Å². The van der Waals surface area contributed by atoms with E-state index in [2.05, 4.69) is 93.4 Å². The van der Waals surface area contributed by atoms with Gasteiger partial charge in [-0.2, -0.15) is 9.61 Å². The summed E-state index contributed by atoms with van der Waals surface area (Å²) in [6, 6.07) is 20.7. The van der Waals surface area contributed by atoms with Crippen molar-refractivity contribution in [1.82, 2.24) is 18.9 Å². The number of nitrogens with one attached hydrogen (secondary N) is 1. The van der Waals surface area contributed by atoms with Gasteiger partial charge in [0, 0.05) is 22.2 Å². The van der Waals surface area contributed by atoms with Gasteiger partial charge in [0.1, 0.15) is 5.82 Å². The van der Waals surface area contributed by atoms with Crippen LogP contribution < -0.4 is 5.32 Å². The lowest BCUT2D eigenvalue weighted by atomic mass is 10.1. The minimum Gasteiger partial charge on any atom is -0.340 e. The molecule has 1 N–H and O–H groups in total. The van der Waals surface area contributed by atoms with Gasteiger partial charge in [0.2, 0.25) is 0 Å². The van der Waals surface area contributed by atoms with Crippen molar-refractivity contribution in [3.8, 4) is 11.3 Å². The molecule has 1 unspecified atom stereocenters. The van der Waals surface area contributed by atoms with Crippen molar-refractivity contribution in [3.63, 3.8) is 0 Å². The third kappa shape index (κ3) is 4.12. The monoisotopic (exact) mass is 467 g/mol. The Hall–Kier alpha value is -2.48. The Bertz CT molecular complexity index is 1170. The molecular weight excluding hydrogens is 446 g/mol. The molecule has 2 aromatic heterocycles. The normalized spacial score (nSPS) is 12.6. The van der Waals surface area contributed by atoms with Crippen molar-refractivity contribution >= 4 is 49.1 Å². The number of rotatable bonds is 5. The number of fused-ring (bicyclic) bond motifs is 1. The van der Waals surface area contributed by atoms with Crippen LogP contribution in [-0.2, 0) is 0 Å². The Balaban J connectivity index is 1.72. The fourth-order valence-corrected chi connectivity index (χ4v) is 5.04. The Morgan fingerprint density at radius 3 is 2.45 bits per heavy atom. The lowest BCUT2D eigenvalue weighted by molar-refractivity contribution is 0.700. The number of aromatic nitrogens is 3. The predicted molar refractivity (Wildman–Crippen MR) is 127 cm³/mol. The van der Waals surface area contributed by atoms with Gasteiger partial charge in [0.15, 0.2) is 5.65 Å². The van der Waals surface area contributed by atoms with Crippen molar-refractivity contribution in [1.29, 1.82) is 0 Å². The first kappa shape index (κ1) is 19.8. The number of halogens is 1. The van der Waals surface area contributed by atoms with Crippen LogP contribution in [0.5, 0.6) is 0 Å². The fraction of sp³-hybridized carbons (Fsp3) is 0.136. The van der Waals surface area contributed by atoms with Crippen LogP contribution in [0.25, 0.3) is 16.9 Å². The SMILES string of the molecule is C/C=S(/c1ccc(Nc2cc(-c3ccccc3)nc3c(Br)cnn23)cc1)N(C)C. The second kappa shape index (κ2) is 8.49. The van der Waals surface area contributed by atoms with Crippen LogP contribution in [0, 0.1) is 0 Å². The summed E-state index contributed by atoms with van der Waals surface area (Å²) in [5.41, 5.74) is 3.74. The van der Waals surface area contributed by atoms with Crippen LogP contribution in [0.4, 0.5) is 11.5 Å². The van der Waals surface area contributed by atoms with E-state index < -0.39 is 0 Å². The van der Waals surface area contributed by atoms with Crippen LogP contribution in [0.15, 0.2) is 76.2 Å². The minimum atomic E-state index is -0.00200. The third-order valence-corrected chi connectivity index (χ3v) is 7.03. The van der Waals surface area contributed by atoms with Gasteiger partial charge in [-0.25, -0.2) is 4.98 Å². The lowest BCUT2D eigenvalue weighted by Gasteiger charge is -2.17. The highest BCUT2D eigenvalue weighted by Gasteiger charge is 2.12. The van der Waals surface area contributed by atoms with Crippen molar-refractivity contribution in [3.05, 3.63) is 71.3 Å². The topological polar surface area (TPSA) is 45.5 Å². The van der Waals surface area contributed by atoms with E-state index in [-0.39, 0.29) is 10.7 Å². The third-order valence-electron chi connectivity index (χ3n) is 4.48. The Morgan fingerprint density at radius 2 is 1.79 bits per heavy atom. The lowest BCUT2D eigenvalue weighted by Crippen LogP contribution is -2.04. The molecule has 0 saturated heterocycles. The summed E-state index contributed by atoms with van der Waals surface area (Å²) in [7, 11) is 4.20. The molecule has 29 heavy (non-hydrogen) atoms. The number of anilines is 2. The fourth-order valence-electron chi connectivity index (χ4n) is 3.17. The zero-order valence-corrected chi connectivity index (χ0v) is 18.9. The van der Waals surface area contributed by atoms with Crippen molar-refractivity contribution in [2.24, 2.45) is 0 Å². The van der Waals surface area contributed by atoms with Crippen LogP contribution in [0.1, 0.15) is 6.92 Å². The average molecular weight is 468 g/mol. The van der Waals surface area contributed by atoms with Gasteiger partial charge in [-0.3, -0.25) is 4.31 Å². The highest BCUT2D eigenvalue weighted by molar-refractivity contribution is 9.10. The number of hydrogen-bond donors (Lipinski definition) is 1. The Labute approximate surface area is 181 Å². The van der Waals surface area contributed by atoms with Gasteiger partial charge in [-0.15, -0.1) is 0 Å². The molecule has 2 heterocycles. The first-order valence-corrected chi connectivity index (χ1v) is 11.3. The number of nitrogens with zero attached hydrogens (tertiary/aromatic N) is 4. The quantitative estimate of drug-likeness (QED) is 0.375. The molecule has 2 aromatic carbocycles. The minimum absolute atomic E-state index is 0.00200. The second-order valence-electron chi connectivity index (χ2n) is 6.63. The van der Waals surface area contributed by atoms with Crippen LogP contribution >= 0.6 is 26.6 Å². The van der Waals surface area contributed by atoms with E-state index in [0.29, 0.717) is 0 Å². The molecule has 1 atom stereocenters. The van der Waals surface area contributed by atoms with Gasteiger partial charge in [0.05, 0.1) is 16.4 Å². The molecule has 7 heteroatoms. The summed E-state index contributed by atoms with van der Waals surface area (Å²) in [5, 5.41) is 10.2. The molecule has 0 aliphatic carbocycles. The van der Waals surface area contributed by atoms with E-state index in [9.17, 15) is 0 Å². The average Bonchev–Trinajstić information content (AvgIpc) is 3.11. The maximum atomic E-state index is 4.78. The molecular formula is C22H22BrN5S. The van der Waals surface area contributed by atoms with E-state index in [0.717, 1.165) is 32.9 Å². The van der Waals surface area contributed by atoms with Gasteiger partial charge in [-0.05, 0) is 66.6 Å². The molecule has 0 saturated carbocycles. The Morgan fingerprint density at radius 1 is 1.07 bits per heavy atom. The summed E-state index contributed by atoms with van der Waals surface area (Å²) in [6.45, 7) is 2.10. The standard InChI is InChI=1S/C22H22BrN5S/c1-4-29(27(2)3)18-12-10-17(11-13-18)25-21-14-20(16-8-6-5-7-9-16)26-22-19(23)15-24-28(21)22/h4-15,25H,1-3H3. The van der Waals surface area contributed by atoms with Crippen LogP contribution in [0.2, 0.25) is 0 Å². The molecule has 148 valence electrons. The van der Waals surface area contributed by atoms with Crippen LogP contribution in [-0.4, -0.2) is 38.4 Å². The molecule has 0 aliphatic rings. The molecule has 0 amide bonds. The maximum absolute atomic E-state index is 4.78. The molecule has 0 radical (unpaired) electrons. The summed E-state index contributed by atoms with van der Waals surface area (Å²) in [5.74, 6) is 0.862. The molecule has 0 fully saturated rings. The van der Waals surface area contributed by atoms with Crippen molar-refractivity contribution < 1.29 is 0 Å². The zero-order chi connectivity index (χ0) is 20.4. The molecule has 0 spiro atoms. The summed E-state index contributed by atoms with van der Waals surface area (Å²) < 4.78 is 4.90. The molecule has 4 rings (SSSR count). The second-order valence-corrected chi connectivity index (χ2v) is 9.79. The number of benzene rings is 2. The highest BCUT2D eigenvalue weighted by Crippen LogP contribution is 2.31. The Kier molecular flexibility index (Phi) is 5.80.